The van der Waals surface area contributed by atoms with Crippen LogP contribution in [0.3, 0.4) is 0 Å². The fourth-order valence-corrected chi connectivity index (χ4v) is 3.51. The highest BCUT2D eigenvalue weighted by atomic mass is 32.2. The monoisotopic (exact) mass is 352 g/mol. The van der Waals surface area contributed by atoms with Gasteiger partial charge in [0.1, 0.15) is 10.8 Å². The first-order valence-corrected chi connectivity index (χ1v) is 9.14. The summed E-state index contributed by atoms with van der Waals surface area (Å²) in [6.07, 6.45) is 0. The summed E-state index contributed by atoms with van der Waals surface area (Å²) < 4.78 is 12.8. The van der Waals surface area contributed by atoms with Gasteiger partial charge in [-0.25, -0.2) is 9.37 Å². The third-order valence-corrected chi connectivity index (χ3v) is 5.27. The molecule has 0 fully saturated rings. The quantitative estimate of drug-likeness (QED) is 0.362. The molecule has 1 heterocycles. The lowest BCUT2D eigenvalue weighted by atomic mass is 10.4. The zero-order valence-corrected chi connectivity index (χ0v) is 15.2. The van der Waals surface area contributed by atoms with Crippen LogP contribution in [-0.4, -0.2) is 30.3 Å². The van der Waals surface area contributed by atoms with Crippen LogP contribution in [0.25, 0.3) is 0 Å². The highest BCUT2D eigenvalue weighted by Gasteiger charge is 2.04. The van der Waals surface area contributed by atoms with Crippen molar-refractivity contribution in [2.75, 3.05) is 19.3 Å². The number of aliphatic imine (C=N–C) groups is 1. The van der Waals surface area contributed by atoms with E-state index in [1.165, 1.54) is 17.0 Å². The van der Waals surface area contributed by atoms with Crippen molar-refractivity contribution in [2.24, 2.45) is 4.99 Å². The maximum atomic E-state index is 12.8. The largest absolute Gasteiger partial charge is 0.356 e. The van der Waals surface area contributed by atoms with Gasteiger partial charge in [-0.2, -0.15) is 0 Å². The smallest absolute Gasteiger partial charge is 0.191 e. The van der Waals surface area contributed by atoms with E-state index in [1.807, 2.05) is 6.92 Å². The fourth-order valence-electron chi connectivity index (χ4n) is 1.86. The van der Waals surface area contributed by atoms with Crippen LogP contribution in [0.4, 0.5) is 4.39 Å². The highest BCUT2D eigenvalue weighted by molar-refractivity contribution is 7.99. The summed E-state index contributed by atoms with van der Waals surface area (Å²) >= 11 is 3.38. The van der Waals surface area contributed by atoms with Gasteiger partial charge in [-0.1, -0.05) is 0 Å². The van der Waals surface area contributed by atoms with E-state index in [2.05, 4.69) is 27.5 Å². The molecule has 0 aliphatic heterocycles. The molecule has 124 valence electrons. The Morgan fingerprint density at radius 3 is 2.61 bits per heavy atom. The van der Waals surface area contributed by atoms with Gasteiger partial charge in [-0.15, -0.1) is 23.1 Å². The first kappa shape index (κ1) is 17.7. The molecule has 0 spiro atoms. The molecule has 0 aliphatic carbocycles. The molecule has 0 unspecified atom stereocenters. The molecule has 0 saturated heterocycles. The molecule has 0 bridgehead atoms. The number of hydrogen-bond acceptors (Lipinski definition) is 4. The number of benzene rings is 1. The lowest BCUT2D eigenvalue weighted by molar-refractivity contribution is 0.626. The van der Waals surface area contributed by atoms with Gasteiger partial charge < -0.3 is 10.6 Å². The van der Waals surface area contributed by atoms with Crippen LogP contribution in [0.5, 0.6) is 0 Å². The second-order valence-corrected chi connectivity index (χ2v) is 7.36. The van der Waals surface area contributed by atoms with E-state index in [0.29, 0.717) is 6.54 Å². The number of rotatable bonds is 6. The molecule has 0 amide bonds. The van der Waals surface area contributed by atoms with E-state index < -0.39 is 0 Å². The Kier molecular flexibility index (Phi) is 6.85. The summed E-state index contributed by atoms with van der Waals surface area (Å²) in [6.45, 7) is 5.55. The van der Waals surface area contributed by atoms with Gasteiger partial charge in [0.05, 0.1) is 12.2 Å². The van der Waals surface area contributed by atoms with E-state index in [4.69, 9.17) is 0 Å². The van der Waals surface area contributed by atoms with Gasteiger partial charge in [0.25, 0.3) is 0 Å². The van der Waals surface area contributed by atoms with Crippen LogP contribution >= 0.6 is 23.1 Å². The standard InChI is InChI=1S/C16H21FN4S2/c1-11-12(2)23-15(21-11)10-20-16(18-3)19-8-9-22-14-6-4-13(17)5-7-14/h4-7H,8-10H2,1-3H3,(H2,18,19,20). The minimum Gasteiger partial charge on any atom is -0.356 e. The zero-order chi connectivity index (χ0) is 16.7. The summed E-state index contributed by atoms with van der Waals surface area (Å²) in [6, 6.07) is 6.54. The second kappa shape index (κ2) is 8.88. The summed E-state index contributed by atoms with van der Waals surface area (Å²) in [5.41, 5.74) is 1.09. The normalized spacial score (nSPS) is 11.6. The number of nitrogens with one attached hydrogen (secondary N) is 2. The van der Waals surface area contributed by atoms with Crippen molar-refractivity contribution in [2.45, 2.75) is 25.3 Å². The first-order chi connectivity index (χ1) is 11.1. The molecule has 1 aromatic carbocycles. The van der Waals surface area contributed by atoms with Gasteiger partial charge in [0.15, 0.2) is 5.96 Å². The second-order valence-electron chi connectivity index (χ2n) is 4.90. The maximum absolute atomic E-state index is 12.8. The lowest BCUT2D eigenvalue weighted by Crippen LogP contribution is -2.37. The van der Waals surface area contributed by atoms with Crippen LogP contribution in [0.2, 0.25) is 0 Å². The molecule has 0 atom stereocenters. The van der Waals surface area contributed by atoms with E-state index in [1.54, 1.807) is 42.3 Å². The first-order valence-electron chi connectivity index (χ1n) is 7.34. The van der Waals surface area contributed by atoms with E-state index in [9.17, 15) is 4.39 Å². The topological polar surface area (TPSA) is 49.3 Å². The van der Waals surface area contributed by atoms with Crippen LogP contribution in [-0.2, 0) is 6.54 Å². The van der Waals surface area contributed by atoms with Gasteiger partial charge in [-0.05, 0) is 38.1 Å². The van der Waals surface area contributed by atoms with Gasteiger partial charge in [0, 0.05) is 29.1 Å². The lowest BCUT2D eigenvalue weighted by Gasteiger charge is -2.10. The molecule has 2 N–H and O–H groups in total. The number of halogens is 1. The van der Waals surface area contributed by atoms with Crippen molar-refractivity contribution in [3.8, 4) is 0 Å². The molecule has 2 rings (SSSR count). The molecule has 4 nitrogen and oxygen atoms in total. The van der Waals surface area contributed by atoms with Crippen molar-refractivity contribution in [1.29, 1.82) is 0 Å². The molecule has 0 saturated carbocycles. The summed E-state index contributed by atoms with van der Waals surface area (Å²) in [7, 11) is 1.75. The molecule has 23 heavy (non-hydrogen) atoms. The zero-order valence-electron chi connectivity index (χ0n) is 13.5. The number of hydrogen-bond donors (Lipinski definition) is 2. The predicted octanol–water partition coefficient (Wildman–Crippen LogP) is 3.36. The number of nitrogens with zero attached hydrogens (tertiary/aromatic N) is 2. The maximum Gasteiger partial charge on any atom is 0.191 e. The molecular formula is C16H21FN4S2. The Morgan fingerprint density at radius 1 is 1.26 bits per heavy atom. The third kappa shape index (κ3) is 5.84. The number of aryl methyl sites for hydroxylation is 2. The molecule has 1 aromatic heterocycles. The Hall–Kier alpha value is -1.60. The Balaban J connectivity index is 1.69. The van der Waals surface area contributed by atoms with E-state index in [-0.39, 0.29) is 5.82 Å². The van der Waals surface area contributed by atoms with Crippen molar-refractivity contribution < 1.29 is 4.39 Å². The van der Waals surface area contributed by atoms with Crippen LogP contribution < -0.4 is 10.6 Å². The summed E-state index contributed by atoms with van der Waals surface area (Å²) in [4.78, 5) is 11.0. The van der Waals surface area contributed by atoms with Crippen LogP contribution in [0, 0.1) is 19.7 Å². The average Bonchev–Trinajstić information content (AvgIpc) is 2.87. The number of aromatic nitrogens is 1. The molecule has 2 aromatic rings. The third-order valence-electron chi connectivity index (χ3n) is 3.18. The van der Waals surface area contributed by atoms with Crippen molar-refractivity contribution in [1.82, 2.24) is 15.6 Å². The molecule has 7 heteroatoms. The SMILES string of the molecule is CN=C(NCCSc1ccc(F)cc1)NCc1nc(C)c(C)s1. The van der Waals surface area contributed by atoms with Gasteiger partial charge in [0.2, 0.25) is 0 Å². The summed E-state index contributed by atoms with van der Waals surface area (Å²) in [5, 5.41) is 7.58. The Labute approximate surface area is 144 Å². The van der Waals surface area contributed by atoms with Gasteiger partial charge >= 0.3 is 0 Å². The average molecular weight is 353 g/mol. The molecule has 0 radical (unpaired) electrons. The van der Waals surface area contributed by atoms with Crippen molar-refractivity contribution in [3.05, 3.63) is 45.7 Å². The van der Waals surface area contributed by atoms with Crippen molar-refractivity contribution in [3.63, 3.8) is 0 Å². The van der Waals surface area contributed by atoms with Crippen LogP contribution in [0.1, 0.15) is 15.6 Å². The Morgan fingerprint density at radius 2 is 2.00 bits per heavy atom. The predicted molar refractivity (Wildman–Crippen MR) is 96.9 cm³/mol. The van der Waals surface area contributed by atoms with E-state index in [0.717, 1.165) is 33.9 Å². The van der Waals surface area contributed by atoms with E-state index >= 15 is 0 Å². The number of thioether (sulfide) groups is 1. The van der Waals surface area contributed by atoms with Crippen molar-refractivity contribution >= 4 is 29.1 Å². The number of guanidine groups is 1. The fraction of sp³-hybridized carbons (Fsp3) is 0.375. The minimum absolute atomic E-state index is 0.204. The summed E-state index contributed by atoms with van der Waals surface area (Å²) in [5.74, 6) is 1.43. The van der Waals surface area contributed by atoms with Gasteiger partial charge in [-0.3, -0.25) is 4.99 Å². The minimum atomic E-state index is -0.204. The van der Waals surface area contributed by atoms with Crippen LogP contribution in [0.15, 0.2) is 34.2 Å². The molecule has 0 aliphatic rings. The number of thiazole rings is 1. The molecular weight excluding hydrogens is 331 g/mol. The highest BCUT2D eigenvalue weighted by Crippen LogP contribution is 2.17. The Bertz CT molecular complexity index is 633.